The first-order valence-electron chi connectivity index (χ1n) is 8.40. The molecule has 0 unspecified atom stereocenters. The Morgan fingerprint density at radius 3 is 2.09 bits per heavy atom. The van der Waals surface area contributed by atoms with Gasteiger partial charge < -0.3 is 15.2 Å². The van der Waals surface area contributed by atoms with Crippen molar-refractivity contribution >= 4 is 5.91 Å². The summed E-state index contributed by atoms with van der Waals surface area (Å²) in [6.45, 7) is 14.9. The van der Waals surface area contributed by atoms with Crippen LogP contribution >= 0.6 is 0 Å². The summed E-state index contributed by atoms with van der Waals surface area (Å²) in [5.41, 5.74) is 5.64. The molecule has 0 heterocycles. The third-order valence-electron chi connectivity index (χ3n) is 2.30. The van der Waals surface area contributed by atoms with Gasteiger partial charge in [-0.25, -0.2) is 0 Å². The Labute approximate surface area is 141 Å². The van der Waals surface area contributed by atoms with Gasteiger partial charge in [-0.2, -0.15) is 0 Å². The quantitative estimate of drug-likeness (QED) is 0.542. The van der Waals surface area contributed by atoms with E-state index in [1.807, 2.05) is 13.8 Å². The fourth-order valence-corrected chi connectivity index (χ4v) is 1.37. The average Bonchev–Trinajstić information content (AvgIpc) is 2.55. The number of amides is 1. The fourth-order valence-electron chi connectivity index (χ4n) is 1.37. The molecule has 0 saturated carbocycles. The molecule has 132 valence electrons. The average molecular weight is 323 g/mol. The van der Waals surface area contributed by atoms with Crippen LogP contribution in [0.15, 0.2) is 30.9 Å². The maximum atomic E-state index is 11.2. The lowest BCUT2D eigenvalue weighted by molar-refractivity contribution is 0.0999. The Balaban J connectivity index is 0. The van der Waals surface area contributed by atoms with Gasteiger partial charge in [-0.15, -0.1) is 0 Å². The molecule has 1 amide bonds. The Kier molecular flexibility index (Phi) is 16.6. The second-order valence-electron chi connectivity index (χ2n) is 4.57. The molecular formula is C19H33NO3. The number of hydrogen-bond donors (Lipinski definition) is 1. The molecule has 0 bridgehead atoms. The van der Waals surface area contributed by atoms with Gasteiger partial charge in [0.05, 0.1) is 6.61 Å². The molecule has 2 N–H and O–H groups in total. The van der Waals surface area contributed by atoms with E-state index in [0.717, 1.165) is 12.8 Å². The van der Waals surface area contributed by atoms with Crippen molar-refractivity contribution in [2.45, 2.75) is 53.9 Å². The molecule has 0 fully saturated rings. The molecule has 1 rings (SSSR count). The van der Waals surface area contributed by atoms with E-state index >= 15 is 0 Å². The smallest absolute Gasteiger partial charge is 0.248 e. The van der Waals surface area contributed by atoms with Gasteiger partial charge in [0, 0.05) is 11.6 Å². The lowest BCUT2D eigenvalue weighted by Gasteiger charge is -2.10. The number of hydrogen-bond acceptors (Lipinski definition) is 3. The van der Waals surface area contributed by atoms with Crippen LogP contribution < -0.4 is 15.2 Å². The second kappa shape index (κ2) is 16.4. The van der Waals surface area contributed by atoms with E-state index in [2.05, 4.69) is 27.4 Å². The molecule has 1 aromatic carbocycles. The summed E-state index contributed by atoms with van der Waals surface area (Å²) in [7, 11) is 0. The zero-order valence-corrected chi connectivity index (χ0v) is 15.4. The van der Waals surface area contributed by atoms with Crippen molar-refractivity contribution in [1.82, 2.24) is 0 Å². The van der Waals surface area contributed by atoms with E-state index in [-0.39, 0.29) is 0 Å². The summed E-state index contributed by atoms with van der Waals surface area (Å²) in [5, 5.41) is 0. The SMILES string of the molecule is C=CCOc1cc(OCCCC)cc(C(N)=O)c1.CC.CCC. The molecule has 23 heavy (non-hydrogen) atoms. The molecule has 0 aliphatic heterocycles. The first-order valence-corrected chi connectivity index (χ1v) is 8.40. The minimum atomic E-state index is -0.501. The minimum absolute atomic E-state index is 0.372. The Hall–Kier alpha value is -1.97. The maximum Gasteiger partial charge on any atom is 0.248 e. The molecule has 0 aromatic heterocycles. The van der Waals surface area contributed by atoms with Gasteiger partial charge in [0.1, 0.15) is 18.1 Å². The van der Waals surface area contributed by atoms with E-state index in [4.69, 9.17) is 15.2 Å². The number of primary amides is 1. The minimum Gasteiger partial charge on any atom is -0.493 e. The van der Waals surface area contributed by atoms with Gasteiger partial charge in [0.2, 0.25) is 5.91 Å². The highest BCUT2D eigenvalue weighted by Gasteiger charge is 2.07. The Morgan fingerprint density at radius 1 is 1.13 bits per heavy atom. The molecule has 4 heteroatoms. The highest BCUT2D eigenvalue weighted by molar-refractivity contribution is 5.93. The third kappa shape index (κ3) is 12.3. The predicted octanol–water partition coefficient (Wildman–Crippen LogP) is 4.97. The first-order chi connectivity index (χ1) is 11.1. The molecule has 0 saturated heterocycles. The van der Waals surface area contributed by atoms with Crippen molar-refractivity contribution < 1.29 is 14.3 Å². The van der Waals surface area contributed by atoms with Crippen molar-refractivity contribution in [3.8, 4) is 11.5 Å². The van der Waals surface area contributed by atoms with Crippen LogP contribution in [-0.4, -0.2) is 19.1 Å². The number of benzene rings is 1. The van der Waals surface area contributed by atoms with E-state index in [1.165, 1.54) is 6.42 Å². The maximum absolute atomic E-state index is 11.2. The van der Waals surface area contributed by atoms with Crippen LogP contribution in [0.1, 0.15) is 64.2 Å². The third-order valence-corrected chi connectivity index (χ3v) is 2.30. The molecule has 0 radical (unpaired) electrons. The fraction of sp³-hybridized carbons (Fsp3) is 0.526. The summed E-state index contributed by atoms with van der Waals surface area (Å²) in [4.78, 5) is 11.2. The van der Waals surface area contributed by atoms with E-state index in [9.17, 15) is 4.79 Å². The summed E-state index contributed by atoms with van der Waals surface area (Å²) >= 11 is 0. The molecule has 0 aliphatic carbocycles. The van der Waals surface area contributed by atoms with Crippen LogP contribution in [0.5, 0.6) is 11.5 Å². The van der Waals surface area contributed by atoms with Gasteiger partial charge >= 0.3 is 0 Å². The molecule has 0 spiro atoms. The van der Waals surface area contributed by atoms with Crippen LogP contribution in [0.25, 0.3) is 0 Å². The van der Waals surface area contributed by atoms with Crippen LogP contribution in [0.2, 0.25) is 0 Å². The highest BCUT2D eigenvalue weighted by Crippen LogP contribution is 2.23. The molecule has 0 aliphatic rings. The number of ether oxygens (including phenoxy) is 2. The first kappa shape index (κ1) is 23.3. The van der Waals surface area contributed by atoms with E-state index in [0.29, 0.717) is 30.3 Å². The summed E-state index contributed by atoms with van der Waals surface area (Å²) in [5.74, 6) is 0.649. The van der Waals surface area contributed by atoms with Crippen LogP contribution in [0, 0.1) is 0 Å². The van der Waals surface area contributed by atoms with Crippen LogP contribution in [0.3, 0.4) is 0 Å². The number of carbonyl (C=O) groups excluding carboxylic acids is 1. The molecule has 1 aromatic rings. The van der Waals surface area contributed by atoms with Crippen molar-refractivity contribution in [2.24, 2.45) is 5.73 Å². The van der Waals surface area contributed by atoms with Crippen molar-refractivity contribution in [1.29, 1.82) is 0 Å². The second-order valence-corrected chi connectivity index (χ2v) is 4.57. The van der Waals surface area contributed by atoms with Gasteiger partial charge in [0.25, 0.3) is 0 Å². The van der Waals surface area contributed by atoms with Gasteiger partial charge in [-0.05, 0) is 18.6 Å². The number of rotatable bonds is 8. The van der Waals surface area contributed by atoms with Gasteiger partial charge in [-0.1, -0.05) is 60.1 Å². The lowest BCUT2D eigenvalue weighted by atomic mass is 10.2. The largest absolute Gasteiger partial charge is 0.493 e. The predicted molar refractivity (Wildman–Crippen MR) is 98.4 cm³/mol. The normalized spacial score (nSPS) is 8.74. The Bertz CT molecular complexity index is 431. The van der Waals surface area contributed by atoms with E-state index in [1.54, 1.807) is 24.3 Å². The lowest BCUT2D eigenvalue weighted by Crippen LogP contribution is -2.11. The zero-order chi connectivity index (χ0) is 18.1. The summed E-state index contributed by atoms with van der Waals surface area (Å²) < 4.78 is 10.9. The Morgan fingerprint density at radius 2 is 1.65 bits per heavy atom. The topological polar surface area (TPSA) is 61.6 Å². The van der Waals surface area contributed by atoms with Crippen LogP contribution in [0.4, 0.5) is 0 Å². The van der Waals surface area contributed by atoms with Crippen LogP contribution in [-0.2, 0) is 0 Å². The number of unbranched alkanes of at least 4 members (excludes halogenated alkanes) is 1. The molecule has 4 nitrogen and oxygen atoms in total. The zero-order valence-electron chi connectivity index (χ0n) is 15.4. The van der Waals surface area contributed by atoms with Gasteiger partial charge in [-0.3, -0.25) is 4.79 Å². The van der Waals surface area contributed by atoms with Crippen molar-refractivity contribution in [2.75, 3.05) is 13.2 Å². The summed E-state index contributed by atoms with van der Waals surface area (Å²) in [6.07, 6.45) is 4.90. The van der Waals surface area contributed by atoms with Gasteiger partial charge in [0.15, 0.2) is 0 Å². The number of carbonyl (C=O) groups is 1. The molecule has 0 atom stereocenters. The van der Waals surface area contributed by atoms with E-state index < -0.39 is 5.91 Å². The summed E-state index contributed by atoms with van der Waals surface area (Å²) in [6, 6.07) is 4.96. The monoisotopic (exact) mass is 323 g/mol. The highest BCUT2D eigenvalue weighted by atomic mass is 16.5. The van der Waals surface area contributed by atoms with Crippen molar-refractivity contribution in [3.05, 3.63) is 36.4 Å². The standard InChI is InChI=1S/C14H19NO3.C3H8.C2H6/c1-3-5-7-18-13-9-11(14(15)16)8-12(10-13)17-6-4-2;1-3-2;1-2/h4,8-10H,2-3,5-7H2,1H3,(H2,15,16);3H2,1-2H3;1-2H3. The molecular weight excluding hydrogens is 290 g/mol. The van der Waals surface area contributed by atoms with Crippen molar-refractivity contribution in [3.63, 3.8) is 0 Å². The number of nitrogens with two attached hydrogens (primary N) is 1.